The Morgan fingerprint density at radius 1 is 1.53 bits per heavy atom. The van der Waals surface area contributed by atoms with Crippen LogP contribution in [0, 0.1) is 0 Å². The zero-order valence-corrected chi connectivity index (χ0v) is 10.5. The summed E-state index contributed by atoms with van der Waals surface area (Å²) in [7, 11) is 0. The number of rotatable bonds is 4. The molecule has 0 saturated carbocycles. The first-order valence-electron chi connectivity index (χ1n) is 4.43. The number of pyridine rings is 1. The first kappa shape index (κ1) is 12.9. The average molecular weight is 267 g/mol. The minimum absolute atomic E-state index is 0.148. The van der Waals surface area contributed by atoms with Crippen LogP contribution in [0.1, 0.15) is 13.3 Å². The lowest BCUT2D eigenvalue weighted by molar-refractivity contribution is 0.289. The van der Waals surface area contributed by atoms with Gasteiger partial charge in [-0.1, -0.05) is 30.1 Å². The molecular weight excluding hydrogens is 255 g/mol. The van der Waals surface area contributed by atoms with Gasteiger partial charge in [0, 0.05) is 11.9 Å². The number of aromatic nitrogens is 1. The molecule has 1 atom stereocenters. The molecule has 0 fully saturated rings. The predicted octanol–water partition coefficient (Wildman–Crippen LogP) is 2.83. The molecule has 0 radical (unpaired) electrons. The first-order valence-corrected chi connectivity index (χ1v) is 6.07. The van der Waals surface area contributed by atoms with E-state index >= 15 is 0 Å². The Bertz CT molecular complexity index is 349. The summed E-state index contributed by atoms with van der Waals surface area (Å²) in [5, 5.41) is 10.5. The maximum absolute atomic E-state index is 8.77. The lowest BCUT2D eigenvalue weighted by Crippen LogP contribution is -2.01. The number of halogens is 2. The third-order valence-electron chi connectivity index (χ3n) is 1.77. The SMILES string of the molecule is CC(CCO)Sc1nc(N)c(Cl)cc1Cl. The molecule has 0 aliphatic carbocycles. The molecule has 6 heteroatoms. The van der Waals surface area contributed by atoms with Gasteiger partial charge in [-0.2, -0.15) is 0 Å². The summed E-state index contributed by atoms with van der Waals surface area (Å²) in [5.74, 6) is 0.278. The second-order valence-electron chi connectivity index (χ2n) is 3.08. The highest BCUT2D eigenvalue weighted by atomic mass is 35.5. The maximum atomic E-state index is 8.77. The van der Waals surface area contributed by atoms with E-state index in [4.69, 9.17) is 34.0 Å². The highest BCUT2D eigenvalue weighted by Gasteiger charge is 2.11. The maximum Gasteiger partial charge on any atom is 0.143 e. The number of aliphatic hydroxyl groups is 1. The monoisotopic (exact) mass is 266 g/mol. The molecule has 0 saturated heterocycles. The molecule has 1 rings (SSSR count). The van der Waals surface area contributed by atoms with Crippen molar-refractivity contribution in [2.75, 3.05) is 12.3 Å². The molecule has 3 N–H and O–H groups in total. The van der Waals surface area contributed by atoms with Crippen LogP contribution < -0.4 is 5.73 Å². The van der Waals surface area contributed by atoms with Crippen molar-refractivity contribution in [3.05, 3.63) is 16.1 Å². The fourth-order valence-corrected chi connectivity index (χ4v) is 2.40. The normalized spacial score (nSPS) is 12.8. The van der Waals surface area contributed by atoms with Gasteiger partial charge in [-0.05, 0) is 12.5 Å². The predicted molar refractivity (Wildman–Crippen MR) is 65.7 cm³/mol. The van der Waals surface area contributed by atoms with E-state index in [1.54, 1.807) is 6.07 Å². The highest BCUT2D eigenvalue weighted by Crippen LogP contribution is 2.33. The quantitative estimate of drug-likeness (QED) is 0.823. The van der Waals surface area contributed by atoms with E-state index in [0.29, 0.717) is 21.5 Å². The van der Waals surface area contributed by atoms with Crippen LogP contribution in [0.4, 0.5) is 5.82 Å². The summed E-state index contributed by atoms with van der Waals surface area (Å²) in [6.45, 7) is 2.14. The van der Waals surface area contributed by atoms with E-state index in [0.717, 1.165) is 0 Å². The molecule has 0 bridgehead atoms. The molecule has 1 unspecified atom stereocenters. The van der Waals surface area contributed by atoms with Crippen molar-refractivity contribution in [1.82, 2.24) is 4.98 Å². The smallest absolute Gasteiger partial charge is 0.143 e. The van der Waals surface area contributed by atoms with Crippen molar-refractivity contribution in [2.24, 2.45) is 0 Å². The van der Waals surface area contributed by atoms with Crippen molar-refractivity contribution in [1.29, 1.82) is 0 Å². The van der Waals surface area contributed by atoms with Crippen LogP contribution in [-0.4, -0.2) is 21.9 Å². The topological polar surface area (TPSA) is 59.1 Å². The second kappa shape index (κ2) is 5.80. The van der Waals surface area contributed by atoms with Crippen molar-refractivity contribution in [2.45, 2.75) is 23.6 Å². The summed E-state index contributed by atoms with van der Waals surface area (Å²) in [4.78, 5) is 4.09. The molecule has 15 heavy (non-hydrogen) atoms. The van der Waals surface area contributed by atoms with Gasteiger partial charge in [-0.15, -0.1) is 11.8 Å². The van der Waals surface area contributed by atoms with Crippen molar-refractivity contribution < 1.29 is 5.11 Å². The minimum Gasteiger partial charge on any atom is -0.396 e. The number of hydrogen-bond donors (Lipinski definition) is 2. The lowest BCUT2D eigenvalue weighted by Gasteiger charge is -2.10. The second-order valence-corrected chi connectivity index (χ2v) is 5.32. The molecule has 84 valence electrons. The van der Waals surface area contributed by atoms with Crippen LogP contribution in [-0.2, 0) is 0 Å². The molecule has 1 aromatic heterocycles. The average Bonchev–Trinajstić information content (AvgIpc) is 2.14. The van der Waals surface area contributed by atoms with Gasteiger partial charge in [0.2, 0.25) is 0 Å². The molecule has 0 aromatic carbocycles. The van der Waals surface area contributed by atoms with Gasteiger partial charge in [0.15, 0.2) is 0 Å². The number of nitrogen functional groups attached to an aromatic ring is 1. The molecule has 1 aromatic rings. The standard InChI is InChI=1S/C9H12Cl2N2OS/c1-5(2-3-14)15-9-7(11)4-6(10)8(12)13-9/h4-5,14H,2-3H2,1H3,(H2,12,13). The van der Waals surface area contributed by atoms with Gasteiger partial charge in [0.1, 0.15) is 10.8 Å². The minimum atomic E-state index is 0.148. The number of thioether (sulfide) groups is 1. The Morgan fingerprint density at radius 2 is 2.20 bits per heavy atom. The van der Waals surface area contributed by atoms with Gasteiger partial charge in [-0.25, -0.2) is 4.98 Å². The molecule has 3 nitrogen and oxygen atoms in total. The van der Waals surface area contributed by atoms with E-state index in [2.05, 4.69) is 4.98 Å². The first-order chi connectivity index (χ1) is 7.04. The van der Waals surface area contributed by atoms with Crippen LogP contribution in [0.2, 0.25) is 10.0 Å². The van der Waals surface area contributed by atoms with Crippen LogP contribution in [0.5, 0.6) is 0 Å². The van der Waals surface area contributed by atoms with Gasteiger partial charge < -0.3 is 10.8 Å². The van der Waals surface area contributed by atoms with E-state index < -0.39 is 0 Å². The van der Waals surface area contributed by atoms with Gasteiger partial charge in [0.05, 0.1) is 10.0 Å². The van der Waals surface area contributed by atoms with Crippen molar-refractivity contribution in [3.63, 3.8) is 0 Å². The van der Waals surface area contributed by atoms with E-state index in [1.165, 1.54) is 11.8 Å². The number of nitrogens with zero attached hydrogens (tertiary/aromatic N) is 1. The number of hydrogen-bond acceptors (Lipinski definition) is 4. The molecule has 0 amide bonds. The summed E-state index contributed by atoms with van der Waals surface area (Å²) in [6, 6.07) is 1.58. The molecule has 1 heterocycles. The van der Waals surface area contributed by atoms with Crippen LogP contribution >= 0.6 is 35.0 Å². The van der Waals surface area contributed by atoms with Crippen molar-refractivity contribution in [3.8, 4) is 0 Å². The lowest BCUT2D eigenvalue weighted by atomic mass is 10.3. The number of aliphatic hydroxyl groups excluding tert-OH is 1. The third kappa shape index (κ3) is 3.72. The number of nitrogens with two attached hydrogens (primary N) is 1. The van der Waals surface area contributed by atoms with Gasteiger partial charge in [-0.3, -0.25) is 0 Å². The fraction of sp³-hybridized carbons (Fsp3) is 0.444. The van der Waals surface area contributed by atoms with E-state index in [-0.39, 0.29) is 17.7 Å². The Hall–Kier alpha value is -0.160. The zero-order chi connectivity index (χ0) is 11.4. The van der Waals surface area contributed by atoms with Crippen LogP contribution in [0.15, 0.2) is 11.1 Å². The van der Waals surface area contributed by atoms with Gasteiger partial charge in [0.25, 0.3) is 0 Å². The van der Waals surface area contributed by atoms with E-state index in [1.807, 2.05) is 6.92 Å². The Morgan fingerprint density at radius 3 is 2.80 bits per heavy atom. The zero-order valence-electron chi connectivity index (χ0n) is 8.20. The Kier molecular flexibility index (Phi) is 4.99. The van der Waals surface area contributed by atoms with Crippen LogP contribution in [0.3, 0.4) is 0 Å². The largest absolute Gasteiger partial charge is 0.396 e. The molecular formula is C9H12Cl2N2OS. The Labute approximate surface area is 103 Å². The summed E-state index contributed by atoms with van der Waals surface area (Å²) >= 11 is 13.2. The molecule has 0 aliphatic heterocycles. The highest BCUT2D eigenvalue weighted by molar-refractivity contribution is 7.99. The molecule has 0 spiro atoms. The molecule has 0 aliphatic rings. The number of anilines is 1. The third-order valence-corrected chi connectivity index (χ3v) is 3.65. The summed E-state index contributed by atoms with van der Waals surface area (Å²) in [5.41, 5.74) is 5.57. The van der Waals surface area contributed by atoms with Gasteiger partial charge >= 0.3 is 0 Å². The Balaban J connectivity index is 2.81. The fourth-order valence-electron chi connectivity index (χ4n) is 0.977. The van der Waals surface area contributed by atoms with Crippen LogP contribution in [0.25, 0.3) is 0 Å². The summed E-state index contributed by atoms with van der Waals surface area (Å²) in [6.07, 6.45) is 0.686. The van der Waals surface area contributed by atoms with Crippen molar-refractivity contribution >= 4 is 40.8 Å². The summed E-state index contributed by atoms with van der Waals surface area (Å²) < 4.78 is 0. The van der Waals surface area contributed by atoms with E-state index in [9.17, 15) is 0 Å².